The van der Waals surface area contributed by atoms with E-state index >= 15 is 0 Å². The van der Waals surface area contributed by atoms with Gasteiger partial charge in [0.15, 0.2) is 0 Å². The van der Waals surface area contributed by atoms with E-state index in [9.17, 15) is 4.79 Å². The monoisotopic (exact) mass is 295 g/mol. The van der Waals surface area contributed by atoms with Crippen LogP contribution in [0.15, 0.2) is 12.4 Å². The molecule has 0 spiro atoms. The molecule has 1 aliphatic heterocycles. The number of anilines is 1. The van der Waals surface area contributed by atoms with Crippen LogP contribution in [-0.2, 0) is 0 Å². The highest BCUT2D eigenvalue weighted by atomic mass is 16.1. The summed E-state index contributed by atoms with van der Waals surface area (Å²) < 4.78 is 0. The highest BCUT2D eigenvalue weighted by molar-refractivity contribution is 5.91. The summed E-state index contributed by atoms with van der Waals surface area (Å²) in [5, 5.41) is 2.71. The predicted octanol–water partition coefficient (Wildman–Crippen LogP) is 1.64. The molecule has 1 aromatic rings. The number of aromatic nitrogens is 2. The van der Waals surface area contributed by atoms with Gasteiger partial charge in [-0.15, -0.1) is 0 Å². The summed E-state index contributed by atoms with van der Waals surface area (Å²) in [6.07, 6.45) is 3.23. The van der Waals surface area contributed by atoms with Gasteiger partial charge in [0.05, 0.1) is 12.4 Å². The second kappa shape index (κ2) is 9.28. The van der Waals surface area contributed by atoms with Crippen LogP contribution < -0.4 is 10.2 Å². The Morgan fingerprint density at radius 1 is 1.19 bits per heavy atom. The first-order chi connectivity index (χ1) is 10.2. The summed E-state index contributed by atoms with van der Waals surface area (Å²) in [4.78, 5) is 24.7. The molecule has 0 radical (unpaired) electrons. The van der Waals surface area contributed by atoms with Crippen LogP contribution in [0.2, 0.25) is 0 Å². The van der Waals surface area contributed by atoms with Crippen LogP contribution in [0.25, 0.3) is 0 Å². The van der Waals surface area contributed by atoms with E-state index in [-0.39, 0.29) is 7.33 Å². The van der Waals surface area contributed by atoms with E-state index in [0.717, 1.165) is 38.5 Å². The Kier molecular flexibility index (Phi) is 7.68. The molecule has 6 heteroatoms. The van der Waals surface area contributed by atoms with Gasteiger partial charge in [-0.2, -0.15) is 0 Å². The van der Waals surface area contributed by atoms with E-state index in [1.165, 1.54) is 0 Å². The van der Waals surface area contributed by atoms with Gasteiger partial charge < -0.3 is 15.1 Å². The number of nitrogens with one attached hydrogen (secondary N) is 1. The molecule has 2 heterocycles. The Morgan fingerprint density at radius 2 is 1.86 bits per heavy atom. The summed E-state index contributed by atoms with van der Waals surface area (Å²) in [5.74, 6) is 0.682. The molecule has 1 aromatic heterocycles. The lowest BCUT2D eigenvalue weighted by Crippen LogP contribution is -2.46. The standard InChI is InChI=1S/C13H21N5O.C2H6.H2/c1-3-14-13(19)11-9-16-12(10-15-11)18-7-5-17(4-2)6-8-18;1-2;/h9-10H,3-8H2,1-2H3,(H,14,19);1-2H3;1H. The van der Waals surface area contributed by atoms with Crippen LogP contribution in [0, 0.1) is 0 Å². The van der Waals surface area contributed by atoms with Crippen molar-refractivity contribution in [3.63, 3.8) is 0 Å². The molecular weight excluding hydrogens is 266 g/mol. The van der Waals surface area contributed by atoms with Crippen LogP contribution in [0.4, 0.5) is 5.82 Å². The van der Waals surface area contributed by atoms with Crippen molar-refractivity contribution >= 4 is 11.7 Å². The van der Waals surface area contributed by atoms with Gasteiger partial charge in [-0.25, -0.2) is 9.97 Å². The van der Waals surface area contributed by atoms with Gasteiger partial charge in [0, 0.05) is 34.2 Å². The molecule has 0 saturated carbocycles. The third-order valence-electron chi connectivity index (χ3n) is 3.35. The number of hydrogen-bond donors (Lipinski definition) is 1. The zero-order valence-corrected chi connectivity index (χ0v) is 13.6. The van der Waals surface area contributed by atoms with E-state index < -0.39 is 0 Å². The van der Waals surface area contributed by atoms with Crippen molar-refractivity contribution in [1.82, 2.24) is 20.2 Å². The molecular formula is C15H29N5O. The first-order valence-corrected chi connectivity index (χ1v) is 7.82. The molecule has 120 valence electrons. The van der Waals surface area contributed by atoms with Gasteiger partial charge in [-0.05, 0) is 13.5 Å². The maximum absolute atomic E-state index is 11.6. The molecule has 0 aromatic carbocycles. The van der Waals surface area contributed by atoms with Crippen LogP contribution >= 0.6 is 0 Å². The lowest BCUT2D eigenvalue weighted by Gasteiger charge is -2.34. The molecule has 1 amide bonds. The number of carbonyl (C=O) groups excluding carboxylic acids is 1. The molecule has 1 fully saturated rings. The average molecular weight is 295 g/mol. The predicted molar refractivity (Wildman–Crippen MR) is 87.8 cm³/mol. The molecule has 1 N–H and O–H groups in total. The van der Waals surface area contributed by atoms with E-state index in [4.69, 9.17) is 0 Å². The molecule has 0 atom stereocenters. The first kappa shape index (κ1) is 17.4. The van der Waals surface area contributed by atoms with Crippen LogP contribution in [0.1, 0.15) is 39.6 Å². The van der Waals surface area contributed by atoms with Gasteiger partial charge in [-0.3, -0.25) is 4.79 Å². The SMILES string of the molecule is CC.CCNC(=O)c1cnc(N2CCN(CC)CC2)cn1.[HH]. The van der Waals surface area contributed by atoms with Crippen LogP contribution in [0.3, 0.4) is 0 Å². The Hall–Kier alpha value is -1.69. The van der Waals surface area contributed by atoms with Gasteiger partial charge >= 0.3 is 0 Å². The van der Waals surface area contributed by atoms with Gasteiger partial charge in [0.1, 0.15) is 11.5 Å². The molecule has 0 unspecified atom stereocenters. The van der Waals surface area contributed by atoms with Crippen molar-refractivity contribution in [1.29, 1.82) is 0 Å². The Balaban J connectivity index is 0.00000141. The summed E-state index contributed by atoms with van der Waals surface area (Å²) >= 11 is 0. The summed E-state index contributed by atoms with van der Waals surface area (Å²) in [6, 6.07) is 0. The third kappa shape index (κ3) is 4.97. The van der Waals surface area contributed by atoms with Crippen LogP contribution in [-0.4, -0.2) is 60.0 Å². The summed E-state index contributed by atoms with van der Waals surface area (Å²) in [5.41, 5.74) is 0.373. The highest BCUT2D eigenvalue weighted by Crippen LogP contribution is 2.12. The number of amides is 1. The van der Waals surface area contributed by atoms with Crippen molar-refractivity contribution in [2.45, 2.75) is 27.7 Å². The fourth-order valence-electron chi connectivity index (χ4n) is 2.15. The van der Waals surface area contributed by atoms with E-state index in [0.29, 0.717) is 12.2 Å². The molecule has 1 saturated heterocycles. The molecule has 0 bridgehead atoms. The lowest BCUT2D eigenvalue weighted by molar-refractivity contribution is 0.0950. The number of carbonyl (C=O) groups is 1. The average Bonchev–Trinajstić information content (AvgIpc) is 2.57. The quantitative estimate of drug-likeness (QED) is 0.915. The minimum atomic E-state index is -0.169. The van der Waals surface area contributed by atoms with E-state index in [1.807, 2.05) is 20.8 Å². The van der Waals surface area contributed by atoms with Crippen molar-refractivity contribution in [3.05, 3.63) is 18.1 Å². The second-order valence-corrected chi connectivity index (χ2v) is 4.54. The molecule has 2 rings (SSSR count). The first-order valence-electron chi connectivity index (χ1n) is 7.82. The zero-order valence-electron chi connectivity index (χ0n) is 13.6. The van der Waals surface area contributed by atoms with Gasteiger partial charge in [0.25, 0.3) is 5.91 Å². The van der Waals surface area contributed by atoms with Gasteiger partial charge in [-0.1, -0.05) is 20.8 Å². The number of rotatable bonds is 4. The maximum atomic E-state index is 11.6. The normalized spacial score (nSPS) is 15.1. The van der Waals surface area contributed by atoms with Crippen molar-refractivity contribution in [2.24, 2.45) is 0 Å². The van der Waals surface area contributed by atoms with Crippen molar-refractivity contribution in [2.75, 3.05) is 44.2 Å². The highest BCUT2D eigenvalue weighted by Gasteiger charge is 2.17. The molecule has 6 nitrogen and oxygen atoms in total. The largest absolute Gasteiger partial charge is 0.353 e. The number of piperazine rings is 1. The Morgan fingerprint density at radius 3 is 2.33 bits per heavy atom. The molecule has 21 heavy (non-hydrogen) atoms. The minimum Gasteiger partial charge on any atom is -0.353 e. The number of likely N-dealkylation sites (N-methyl/N-ethyl adjacent to an activating group) is 1. The van der Waals surface area contributed by atoms with Crippen LogP contribution in [0.5, 0.6) is 0 Å². The topological polar surface area (TPSA) is 61.4 Å². The van der Waals surface area contributed by atoms with Crippen molar-refractivity contribution < 1.29 is 6.22 Å². The summed E-state index contributed by atoms with van der Waals surface area (Å²) in [7, 11) is 0. The second-order valence-electron chi connectivity index (χ2n) is 4.54. The Labute approximate surface area is 129 Å². The lowest BCUT2D eigenvalue weighted by atomic mass is 10.3. The zero-order chi connectivity index (χ0) is 15.7. The van der Waals surface area contributed by atoms with E-state index in [2.05, 4.69) is 32.0 Å². The van der Waals surface area contributed by atoms with Crippen molar-refractivity contribution in [3.8, 4) is 0 Å². The maximum Gasteiger partial charge on any atom is 0.271 e. The molecule has 0 aliphatic carbocycles. The van der Waals surface area contributed by atoms with Gasteiger partial charge in [0.2, 0.25) is 0 Å². The Bertz CT molecular complexity index is 418. The molecule has 1 aliphatic rings. The number of hydrogen-bond acceptors (Lipinski definition) is 5. The third-order valence-corrected chi connectivity index (χ3v) is 3.35. The smallest absolute Gasteiger partial charge is 0.271 e. The fraction of sp³-hybridized carbons (Fsp3) is 0.667. The fourth-order valence-corrected chi connectivity index (χ4v) is 2.15. The summed E-state index contributed by atoms with van der Waals surface area (Å²) in [6.45, 7) is 13.8. The minimum absolute atomic E-state index is 0. The van der Waals surface area contributed by atoms with E-state index in [1.54, 1.807) is 12.4 Å². The number of nitrogens with zero attached hydrogens (tertiary/aromatic N) is 4.